The largest absolute Gasteiger partial charge is 0.481 e. The molecule has 1 heterocycles. The number of halogens is 1. The Balaban J connectivity index is 2.56. The molecule has 17 heavy (non-hydrogen) atoms. The molecule has 1 aromatic heterocycles. The third kappa shape index (κ3) is 2.48. The molecule has 0 spiro atoms. The molecule has 0 bridgehead atoms. The van der Waals surface area contributed by atoms with E-state index in [9.17, 15) is 5.11 Å². The molecule has 0 amide bonds. The second-order valence-corrected chi connectivity index (χ2v) is 4.37. The summed E-state index contributed by atoms with van der Waals surface area (Å²) in [6.07, 6.45) is 0. The van der Waals surface area contributed by atoms with E-state index in [1.165, 1.54) is 0 Å². The highest BCUT2D eigenvalue weighted by Crippen LogP contribution is 2.31. The SMILES string of the molecule is COc1nc(-c2ccccc2)c(Br)cc1CO. The minimum absolute atomic E-state index is 0.0934. The van der Waals surface area contributed by atoms with Crippen LogP contribution in [0, 0.1) is 0 Å². The topological polar surface area (TPSA) is 42.4 Å². The van der Waals surface area contributed by atoms with Crippen LogP contribution < -0.4 is 4.74 Å². The number of benzene rings is 1. The van der Waals surface area contributed by atoms with Crippen LogP contribution in [-0.2, 0) is 6.61 Å². The molecule has 0 unspecified atom stereocenters. The van der Waals surface area contributed by atoms with Crippen LogP contribution in [0.2, 0.25) is 0 Å². The third-order valence-corrected chi connectivity index (χ3v) is 3.03. The summed E-state index contributed by atoms with van der Waals surface area (Å²) >= 11 is 3.46. The maximum Gasteiger partial charge on any atom is 0.219 e. The summed E-state index contributed by atoms with van der Waals surface area (Å²) in [7, 11) is 1.55. The van der Waals surface area contributed by atoms with E-state index in [0.29, 0.717) is 11.4 Å². The van der Waals surface area contributed by atoms with Crippen LogP contribution in [0.5, 0.6) is 5.88 Å². The number of hydrogen-bond acceptors (Lipinski definition) is 3. The Labute approximate surface area is 108 Å². The predicted octanol–water partition coefficient (Wildman–Crippen LogP) is 3.01. The summed E-state index contributed by atoms with van der Waals surface area (Å²) < 4.78 is 6.00. The molecular formula is C13H12BrNO2. The van der Waals surface area contributed by atoms with E-state index in [1.807, 2.05) is 36.4 Å². The maximum absolute atomic E-state index is 9.19. The van der Waals surface area contributed by atoms with E-state index < -0.39 is 0 Å². The Morgan fingerprint density at radius 3 is 2.59 bits per heavy atom. The van der Waals surface area contributed by atoms with Gasteiger partial charge in [-0.15, -0.1) is 0 Å². The number of aliphatic hydroxyl groups is 1. The Hall–Kier alpha value is -1.39. The monoisotopic (exact) mass is 293 g/mol. The molecule has 0 atom stereocenters. The Morgan fingerprint density at radius 2 is 2.00 bits per heavy atom. The fourth-order valence-electron chi connectivity index (χ4n) is 1.60. The first-order chi connectivity index (χ1) is 8.26. The second kappa shape index (κ2) is 5.29. The van der Waals surface area contributed by atoms with Crippen molar-refractivity contribution in [1.82, 2.24) is 4.98 Å². The van der Waals surface area contributed by atoms with Gasteiger partial charge in [0.1, 0.15) is 0 Å². The predicted molar refractivity (Wildman–Crippen MR) is 69.8 cm³/mol. The van der Waals surface area contributed by atoms with Crippen molar-refractivity contribution in [3.05, 3.63) is 46.4 Å². The lowest BCUT2D eigenvalue weighted by atomic mass is 10.1. The van der Waals surface area contributed by atoms with Gasteiger partial charge in [-0.25, -0.2) is 4.98 Å². The van der Waals surface area contributed by atoms with Gasteiger partial charge in [0.25, 0.3) is 0 Å². The lowest BCUT2D eigenvalue weighted by Crippen LogP contribution is -1.97. The molecule has 0 radical (unpaired) electrons. The molecule has 0 aliphatic rings. The normalized spacial score (nSPS) is 10.3. The van der Waals surface area contributed by atoms with Crippen molar-refractivity contribution in [3.8, 4) is 17.1 Å². The molecule has 2 rings (SSSR count). The van der Waals surface area contributed by atoms with Crippen molar-refractivity contribution in [3.63, 3.8) is 0 Å². The minimum atomic E-state index is -0.0934. The first-order valence-electron chi connectivity index (χ1n) is 5.16. The van der Waals surface area contributed by atoms with Gasteiger partial charge in [0.05, 0.1) is 19.4 Å². The van der Waals surface area contributed by atoms with Gasteiger partial charge in [-0.2, -0.15) is 0 Å². The van der Waals surface area contributed by atoms with E-state index in [2.05, 4.69) is 20.9 Å². The zero-order chi connectivity index (χ0) is 12.3. The van der Waals surface area contributed by atoms with E-state index >= 15 is 0 Å². The van der Waals surface area contributed by atoms with Crippen molar-refractivity contribution in [2.45, 2.75) is 6.61 Å². The summed E-state index contributed by atoms with van der Waals surface area (Å²) in [6.45, 7) is -0.0934. The molecule has 0 aliphatic carbocycles. The zero-order valence-electron chi connectivity index (χ0n) is 9.35. The molecule has 1 N–H and O–H groups in total. The summed E-state index contributed by atoms with van der Waals surface area (Å²) in [6, 6.07) is 11.6. The number of hydrogen-bond donors (Lipinski definition) is 1. The van der Waals surface area contributed by atoms with E-state index in [0.717, 1.165) is 15.7 Å². The number of nitrogens with zero attached hydrogens (tertiary/aromatic N) is 1. The summed E-state index contributed by atoms with van der Waals surface area (Å²) in [4.78, 5) is 4.40. The quantitative estimate of drug-likeness (QED) is 0.946. The summed E-state index contributed by atoms with van der Waals surface area (Å²) in [5.41, 5.74) is 2.47. The third-order valence-electron chi connectivity index (χ3n) is 2.43. The summed E-state index contributed by atoms with van der Waals surface area (Å²) in [5.74, 6) is 0.453. The Bertz CT molecular complexity index is 514. The highest BCUT2D eigenvalue weighted by Gasteiger charge is 2.11. The van der Waals surface area contributed by atoms with Gasteiger partial charge in [0.15, 0.2) is 0 Å². The van der Waals surface area contributed by atoms with Crippen molar-refractivity contribution in [2.24, 2.45) is 0 Å². The van der Waals surface area contributed by atoms with Crippen molar-refractivity contribution in [1.29, 1.82) is 0 Å². The standard InChI is InChI=1S/C13H12BrNO2/c1-17-13-10(8-16)7-11(14)12(15-13)9-5-3-2-4-6-9/h2-7,16H,8H2,1H3. The van der Waals surface area contributed by atoms with Gasteiger partial charge in [-0.3, -0.25) is 0 Å². The molecular weight excluding hydrogens is 282 g/mol. The first kappa shape index (κ1) is 12.1. The van der Waals surface area contributed by atoms with Crippen LogP contribution in [0.3, 0.4) is 0 Å². The van der Waals surface area contributed by atoms with Crippen LogP contribution in [0.25, 0.3) is 11.3 Å². The average molecular weight is 294 g/mol. The fraction of sp³-hybridized carbons (Fsp3) is 0.154. The van der Waals surface area contributed by atoms with Crippen LogP contribution in [0.15, 0.2) is 40.9 Å². The first-order valence-corrected chi connectivity index (χ1v) is 5.95. The number of aromatic nitrogens is 1. The number of methoxy groups -OCH3 is 1. The fourth-order valence-corrected chi connectivity index (χ4v) is 2.19. The van der Waals surface area contributed by atoms with Gasteiger partial charge in [-0.1, -0.05) is 30.3 Å². The van der Waals surface area contributed by atoms with Crippen LogP contribution >= 0.6 is 15.9 Å². The Morgan fingerprint density at radius 1 is 1.29 bits per heavy atom. The maximum atomic E-state index is 9.19. The van der Waals surface area contributed by atoms with Gasteiger partial charge in [0.2, 0.25) is 5.88 Å². The van der Waals surface area contributed by atoms with Gasteiger partial charge < -0.3 is 9.84 Å². The second-order valence-electron chi connectivity index (χ2n) is 3.51. The molecule has 3 nitrogen and oxygen atoms in total. The molecule has 0 aliphatic heterocycles. The van der Waals surface area contributed by atoms with Crippen molar-refractivity contribution >= 4 is 15.9 Å². The minimum Gasteiger partial charge on any atom is -0.481 e. The van der Waals surface area contributed by atoms with Crippen molar-refractivity contribution in [2.75, 3.05) is 7.11 Å². The van der Waals surface area contributed by atoms with Gasteiger partial charge in [-0.05, 0) is 22.0 Å². The smallest absolute Gasteiger partial charge is 0.219 e. The van der Waals surface area contributed by atoms with E-state index in [4.69, 9.17) is 4.74 Å². The van der Waals surface area contributed by atoms with E-state index in [1.54, 1.807) is 7.11 Å². The van der Waals surface area contributed by atoms with E-state index in [-0.39, 0.29) is 6.61 Å². The molecule has 0 fully saturated rings. The number of ether oxygens (including phenoxy) is 1. The highest BCUT2D eigenvalue weighted by molar-refractivity contribution is 9.10. The lowest BCUT2D eigenvalue weighted by Gasteiger charge is -2.10. The van der Waals surface area contributed by atoms with Crippen LogP contribution in [0.1, 0.15) is 5.56 Å². The zero-order valence-corrected chi connectivity index (χ0v) is 10.9. The molecule has 0 saturated heterocycles. The Kier molecular flexibility index (Phi) is 3.76. The molecule has 1 aromatic carbocycles. The van der Waals surface area contributed by atoms with Crippen LogP contribution in [-0.4, -0.2) is 17.2 Å². The average Bonchev–Trinajstić information content (AvgIpc) is 2.39. The number of pyridine rings is 1. The van der Waals surface area contributed by atoms with Crippen molar-refractivity contribution < 1.29 is 9.84 Å². The van der Waals surface area contributed by atoms with Crippen LogP contribution in [0.4, 0.5) is 0 Å². The number of aliphatic hydroxyl groups excluding tert-OH is 1. The molecule has 88 valence electrons. The lowest BCUT2D eigenvalue weighted by molar-refractivity contribution is 0.271. The molecule has 0 saturated carbocycles. The summed E-state index contributed by atoms with van der Waals surface area (Å²) in [5, 5.41) is 9.19. The molecule has 2 aromatic rings. The molecule has 4 heteroatoms. The van der Waals surface area contributed by atoms with Gasteiger partial charge in [0, 0.05) is 15.6 Å². The number of rotatable bonds is 3. The van der Waals surface area contributed by atoms with Gasteiger partial charge >= 0.3 is 0 Å². The highest BCUT2D eigenvalue weighted by atomic mass is 79.9.